The maximum absolute atomic E-state index is 10.4. The van der Waals surface area contributed by atoms with Gasteiger partial charge in [-0.1, -0.05) is 41.9 Å². The van der Waals surface area contributed by atoms with Gasteiger partial charge in [0.25, 0.3) is 0 Å². The van der Waals surface area contributed by atoms with E-state index < -0.39 is 0 Å². The molecule has 1 aromatic carbocycles. The molecule has 0 heterocycles. The van der Waals surface area contributed by atoms with E-state index in [1.807, 2.05) is 13.8 Å². The molecule has 2 N–H and O–H groups in total. The Bertz CT molecular complexity index is 795. The minimum absolute atomic E-state index is 0.167. The average Bonchev–Trinajstić information content (AvgIpc) is 2.76. The summed E-state index contributed by atoms with van der Waals surface area (Å²) in [6.07, 6.45) is 15.9. The number of hydrogen-bond donors (Lipinski definition) is 2. The molecular weight excluding hydrogens is 392 g/mol. The summed E-state index contributed by atoms with van der Waals surface area (Å²) in [6.45, 7) is 17.4. The summed E-state index contributed by atoms with van der Waals surface area (Å²) in [5.74, 6) is 1.16. The first-order valence-corrected chi connectivity index (χ1v) is 12.4. The van der Waals surface area contributed by atoms with E-state index in [0.717, 1.165) is 55.2 Å². The molecule has 0 fully saturated rings. The second-order valence-electron chi connectivity index (χ2n) is 9.94. The first kappa shape index (κ1) is 28.2. The van der Waals surface area contributed by atoms with Crippen molar-refractivity contribution in [1.82, 2.24) is 0 Å². The highest BCUT2D eigenvalue weighted by Crippen LogP contribution is 2.33. The molecule has 2 nitrogen and oxygen atoms in total. The van der Waals surface area contributed by atoms with Gasteiger partial charge in [-0.2, -0.15) is 0 Å². The molecule has 0 saturated heterocycles. The smallest absolute Gasteiger partial charge is 0.121 e. The Balaban J connectivity index is 2.41. The van der Waals surface area contributed by atoms with Crippen LogP contribution in [-0.4, -0.2) is 16.8 Å². The Morgan fingerprint density at radius 2 is 1.25 bits per heavy atom. The molecule has 0 aromatic heterocycles. The molecule has 0 amide bonds. The van der Waals surface area contributed by atoms with E-state index in [1.54, 1.807) is 0 Å². The van der Waals surface area contributed by atoms with E-state index in [9.17, 15) is 5.11 Å². The summed E-state index contributed by atoms with van der Waals surface area (Å²) in [5.41, 5.74) is 10.0. The Labute approximate surface area is 198 Å². The molecule has 1 atom stereocenters. The van der Waals surface area contributed by atoms with Crippen LogP contribution in [0.1, 0.15) is 100 Å². The third-order valence-electron chi connectivity index (χ3n) is 7.09. The van der Waals surface area contributed by atoms with Gasteiger partial charge in [0.05, 0.1) is 6.61 Å². The van der Waals surface area contributed by atoms with Crippen LogP contribution in [0.2, 0.25) is 0 Å². The zero-order chi connectivity index (χ0) is 24.3. The van der Waals surface area contributed by atoms with Crippen molar-refractivity contribution in [1.29, 1.82) is 0 Å². The highest BCUT2D eigenvalue weighted by Gasteiger charge is 2.14. The van der Waals surface area contributed by atoms with Gasteiger partial charge < -0.3 is 10.2 Å². The molecule has 1 rings (SSSR count). The van der Waals surface area contributed by atoms with Crippen LogP contribution in [0.4, 0.5) is 0 Å². The third-order valence-corrected chi connectivity index (χ3v) is 7.09. The predicted octanol–water partition coefficient (Wildman–Crippen LogP) is 8.37. The molecule has 0 aliphatic rings. The lowest BCUT2D eigenvalue weighted by Gasteiger charge is -2.19. The third kappa shape index (κ3) is 9.36. The highest BCUT2D eigenvalue weighted by atomic mass is 16.3. The number of hydrogen-bond acceptors (Lipinski definition) is 2. The summed E-state index contributed by atoms with van der Waals surface area (Å²) in [5, 5.41) is 19.5. The summed E-state index contributed by atoms with van der Waals surface area (Å²) < 4.78 is 0. The molecule has 0 aliphatic carbocycles. The van der Waals surface area contributed by atoms with Crippen molar-refractivity contribution in [2.45, 2.75) is 107 Å². The van der Waals surface area contributed by atoms with Crippen LogP contribution in [0, 0.1) is 33.6 Å². The van der Waals surface area contributed by atoms with Crippen molar-refractivity contribution in [2.75, 3.05) is 6.61 Å². The molecule has 0 saturated carbocycles. The molecular formula is C30H48O2. The maximum atomic E-state index is 10.4. The van der Waals surface area contributed by atoms with Gasteiger partial charge in [0.1, 0.15) is 5.75 Å². The Morgan fingerprint density at radius 3 is 1.81 bits per heavy atom. The van der Waals surface area contributed by atoms with Crippen LogP contribution < -0.4 is 0 Å². The first-order valence-electron chi connectivity index (χ1n) is 12.4. The van der Waals surface area contributed by atoms with E-state index >= 15 is 0 Å². The molecule has 32 heavy (non-hydrogen) atoms. The SMILES string of the molecule is C/C(=C\CC/C(C)=C/CC/C(C)=C/CCC(C)CCc1c(C)c(C)c(C)c(O)c1C)CO. The topological polar surface area (TPSA) is 40.5 Å². The highest BCUT2D eigenvalue weighted by molar-refractivity contribution is 5.53. The largest absolute Gasteiger partial charge is 0.507 e. The predicted molar refractivity (Wildman–Crippen MR) is 141 cm³/mol. The minimum Gasteiger partial charge on any atom is -0.507 e. The van der Waals surface area contributed by atoms with Gasteiger partial charge in [-0.3, -0.25) is 0 Å². The summed E-state index contributed by atoms with van der Waals surface area (Å²) in [7, 11) is 0. The van der Waals surface area contributed by atoms with Crippen molar-refractivity contribution in [3.05, 3.63) is 62.8 Å². The van der Waals surface area contributed by atoms with E-state index in [2.05, 4.69) is 59.8 Å². The van der Waals surface area contributed by atoms with Gasteiger partial charge >= 0.3 is 0 Å². The Kier molecular flexibility index (Phi) is 12.7. The van der Waals surface area contributed by atoms with Crippen LogP contribution in [0.5, 0.6) is 5.75 Å². The van der Waals surface area contributed by atoms with Crippen molar-refractivity contribution in [3.8, 4) is 5.75 Å². The second-order valence-corrected chi connectivity index (χ2v) is 9.94. The van der Waals surface area contributed by atoms with Gasteiger partial charge in [0, 0.05) is 0 Å². The second kappa shape index (κ2) is 14.4. The fraction of sp³-hybridized carbons (Fsp3) is 0.600. The number of aliphatic hydroxyl groups is 1. The quantitative estimate of drug-likeness (QED) is 0.302. The molecule has 0 radical (unpaired) electrons. The van der Waals surface area contributed by atoms with Crippen molar-refractivity contribution in [2.24, 2.45) is 5.92 Å². The number of phenols is 1. The van der Waals surface area contributed by atoms with Crippen LogP contribution in [-0.2, 0) is 6.42 Å². The lowest BCUT2D eigenvalue weighted by atomic mass is 9.88. The van der Waals surface area contributed by atoms with Crippen LogP contribution in [0.25, 0.3) is 0 Å². The van der Waals surface area contributed by atoms with Gasteiger partial charge in [-0.05, 0) is 134 Å². The standard InChI is InChI=1S/C30H48O2/c1-21(12-9-13-22(2)15-11-17-24(4)20-31)14-10-16-23(3)18-19-29-26(6)25(5)27(7)30(32)28(29)8/h13-14,17,23,31-32H,9-12,15-16,18-20H2,1-8H3/b21-14+,22-13+,24-17+. The molecule has 2 heteroatoms. The molecule has 180 valence electrons. The van der Waals surface area contributed by atoms with Crippen molar-refractivity contribution < 1.29 is 10.2 Å². The fourth-order valence-corrected chi connectivity index (χ4v) is 4.28. The number of aromatic hydroxyl groups is 1. The average molecular weight is 441 g/mol. The van der Waals surface area contributed by atoms with E-state index in [1.165, 1.54) is 40.7 Å². The van der Waals surface area contributed by atoms with Gasteiger partial charge in [-0.15, -0.1) is 0 Å². The summed E-state index contributed by atoms with van der Waals surface area (Å²) >= 11 is 0. The fourth-order valence-electron chi connectivity index (χ4n) is 4.28. The lowest BCUT2D eigenvalue weighted by molar-refractivity contribution is 0.331. The number of aliphatic hydroxyl groups excluding tert-OH is 1. The minimum atomic E-state index is 0.167. The summed E-state index contributed by atoms with van der Waals surface area (Å²) in [4.78, 5) is 0. The number of allylic oxidation sites excluding steroid dienone is 5. The molecule has 0 spiro atoms. The van der Waals surface area contributed by atoms with Crippen molar-refractivity contribution in [3.63, 3.8) is 0 Å². The summed E-state index contributed by atoms with van der Waals surface area (Å²) in [6, 6.07) is 0. The number of rotatable bonds is 13. The van der Waals surface area contributed by atoms with E-state index in [0.29, 0.717) is 11.7 Å². The maximum Gasteiger partial charge on any atom is 0.121 e. The van der Waals surface area contributed by atoms with Crippen molar-refractivity contribution >= 4 is 0 Å². The van der Waals surface area contributed by atoms with Crippen LogP contribution in [0.3, 0.4) is 0 Å². The van der Waals surface area contributed by atoms with Gasteiger partial charge in [0.15, 0.2) is 0 Å². The van der Waals surface area contributed by atoms with E-state index in [-0.39, 0.29) is 6.61 Å². The zero-order valence-corrected chi connectivity index (χ0v) is 22.1. The van der Waals surface area contributed by atoms with Crippen LogP contribution >= 0.6 is 0 Å². The Hall–Kier alpha value is -1.80. The van der Waals surface area contributed by atoms with Gasteiger partial charge in [0.2, 0.25) is 0 Å². The molecule has 1 unspecified atom stereocenters. The monoisotopic (exact) mass is 440 g/mol. The number of phenolic OH excluding ortho intramolecular Hbond substituents is 1. The zero-order valence-electron chi connectivity index (χ0n) is 22.1. The molecule has 1 aromatic rings. The normalized spacial score (nSPS) is 14.2. The first-order chi connectivity index (χ1) is 15.1. The number of benzene rings is 1. The molecule has 0 bridgehead atoms. The molecule has 0 aliphatic heterocycles. The van der Waals surface area contributed by atoms with Gasteiger partial charge in [-0.25, -0.2) is 0 Å². The Morgan fingerprint density at radius 1 is 0.719 bits per heavy atom. The lowest BCUT2D eigenvalue weighted by Crippen LogP contribution is -2.03. The van der Waals surface area contributed by atoms with Crippen LogP contribution in [0.15, 0.2) is 34.9 Å². The van der Waals surface area contributed by atoms with E-state index in [4.69, 9.17) is 5.11 Å².